The summed E-state index contributed by atoms with van der Waals surface area (Å²) in [6, 6.07) is 21.3. The number of primary amides is 1. The van der Waals surface area contributed by atoms with Crippen LogP contribution in [0.1, 0.15) is 5.56 Å². The molecule has 1 amide bonds. The summed E-state index contributed by atoms with van der Waals surface area (Å²) in [7, 11) is 0. The van der Waals surface area contributed by atoms with Gasteiger partial charge in [-0.3, -0.25) is 9.59 Å². The van der Waals surface area contributed by atoms with Gasteiger partial charge in [0.05, 0.1) is 22.1 Å². The summed E-state index contributed by atoms with van der Waals surface area (Å²) in [4.78, 5) is 28.9. The zero-order valence-electron chi connectivity index (χ0n) is 17.6. The highest BCUT2D eigenvalue weighted by Crippen LogP contribution is 2.27. The molecular weight excluding hydrogens is 456 g/mol. The summed E-state index contributed by atoms with van der Waals surface area (Å²) >= 11 is 6.24. The molecule has 2 heterocycles. The highest BCUT2D eigenvalue weighted by Gasteiger charge is 2.16. The first-order valence-electron chi connectivity index (χ1n) is 10.3. The molecular formula is C25H17ClN4O4. The molecule has 0 aliphatic heterocycles. The van der Waals surface area contributed by atoms with Gasteiger partial charge in [0.15, 0.2) is 12.4 Å². The number of nitrogens with zero attached hydrogens (tertiary/aromatic N) is 3. The minimum absolute atomic E-state index is 0.267. The number of benzene rings is 3. The SMILES string of the molecule is NC(=O)COc1ccc(C=Nn2c(-c3cc4ccccc4o3)nc3ccccc3c2=O)cc1Cl. The quantitative estimate of drug-likeness (QED) is 0.372. The Morgan fingerprint density at radius 2 is 1.91 bits per heavy atom. The zero-order chi connectivity index (χ0) is 23.7. The summed E-state index contributed by atoms with van der Waals surface area (Å²) in [5.41, 5.74) is 6.57. The fourth-order valence-electron chi connectivity index (χ4n) is 3.47. The number of aromatic nitrogens is 2. The van der Waals surface area contributed by atoms with Gasteiger partial charge in [0.25, 0.3) is 11.5 Å². The van der Waals surface area contributed by atoms with Crippen molar-refractivity contribution >= 4 is 45.6 Å². The van der Waals surface area contributed by atoms with Crippen molar-refractivity contribution in [3.63, 3.8) is 0 Å². The van der Waals surface area contributed by atoms with E-state index in [1.54, 1.807) is 36.4 Å². The van der Waals surface area contributed by atoms with E-state index in [9.17, 15) is 9.59 Å². The molecule has 0 aliphatic rings. The number of hydrogen-bond donors (Lipinski definition) is 1. The van der Waals surface area contributed by atoms with Crippen molar-refractivity contribution in [2.24, 2.45) is 10.8 Å². The lowest BCUT2D eigenvalue weighted by atomic mass is 10.2. The summed E-state index contributed by atoms with van der Waals surface area (Å²) in [6.07, 6.45) is 1.48. The predicted octanol–water partition coefficient (Wildman–Crippen LogP) is 4.21. The van der Waals surface area contributed by atoms with Gasteiger partial charge in [0, 0.05) is 5.39 Å². The first-order valence-corrected chi connectivity index (χ1v) is 10.6. The fraction of sp³-hybridized carbons (Fsp3) is 0.0400. The number of nitrogens with two attached hydrogens (primary N) is 1. The summed E-state index contributed by atoms with van der Waals surface area (Å²) in [5, 5.41) is 5.98. The number of amides is 1. The molecule has 2 aromatic heterocycles. The van der Waals surface area contributed by atoms with Crippen LogP contribution in [0.3, 0.4) is 0 Å². The zero-order valence-corrected chi connectivity index (χ0v) is 18.4. The molecule has 8 nitrogen and oxygen atoms in total. The normalized spacial score (nSPS) is 11.4. The largest absolute Gasteiger partial charge is 0.482 e. The smallest absolute Gasteiger partial charge is 0.282 e. The van der Waals surface area contributed by atoms with Crippen molar-refractivity contribution in [1.29, 1.82) is 0 Å². The van der Waals surface area contributed by atoms with Crippen LogP contribution in [-0.2, 0) is 4.79 Å². The van der Waals surface area contributed by atoms with Crippen molar-refractivity contribution in [3.05, 3.63) is 93.7 Å². The van der Waals surface area contributed by atoms with Crippen LogP contribution in [0, 0.1) is 0 Å². The van der Waals surface area contributed by atoms with Gasteiger partial charge < -0.3 is 14.9 Å². The van der Waals surface area contributed by atoms with E-state index >= 15 is 0 Å². The molecule has 3 aromatic carbocycles. The Balaban J connectivity index is 1.60. The van der Waals surface area contributed by atoms with Crippen molar-refractivity contribution in [3.8, 4) is 17.3 Å². The molecule has 5 rings (SSSR count). The third kappa shape index (κ3) is 4.14. The molecule has 5 aromatic rings. The van der Waals surface area contributed by atoms with E-state index in [0.29, 0.717) is 33.6 Å². The Morgan fingerprint density at radius 3 is 2.71 bits per heavy atom. The van der Waals surface area contributed by atoms with Gasteiger partial charge >= 0.3 is 0 Å². The number of fused-ring (bicyclic) bond motifs is 2. The number of carbonyl (C=O) groups excluding carboxylic acids is 1. The van der Waals surface area contributed by atoms with E-state index in [1.807, 2.05) is 36.4 Å². The fourth-order valence-corrected chi connectivity index (χ4v) is 3.71. The molecule has 2 N–H and O–H groups in total. The number of rotatable bonds is 6. The van der Waals surface area contributed by atoms with Crippen LogP contribution < -0.4 is 16.0 Å². The van der Waals surface area contributed by atoms with E-state index in [0.717, 1.165) is 5.39 Å². The van der Waals surface area contributed by atoms with Gasteiger partial charge in [0.1, 0.15) is 11.3 Å². The van der Waals surface area contributed by atoms with Crippen molar-refractivity contribution in [1.82, 2.24) is 9.66 Å². The van der Waals surface area contributed by atoms with E-state index in [4.69, 9.17) is 26.5 Å². The number of para-hydroxylation sites is 2. The standard InChI is InChI=1S/C25H17ClN4O4/c26-18-11-15(9-10-21(18)33-14-23(27)31)13-28-30-24(22-12-16-5-1-4-8-20(16)34-22)29-19-7-3-2-6-17(19)25(30)32/h1-13H,14H2,(H2,27,31). The lowest BCUT2D eigenvalue weighted by Gasteiger charge is -2.08. The molecule has 0 saturated carbocycles. The molecule has 0 aliphatic carbocycles. The third-order valence-corrected chi connectivity index (χ3v) is 5.34. The third-order valence-electron chi connectivity index (χ3n) is 5.05. The summed E-state index contributed by atoms with van der Waals surface area (Å²) in [6.45, 7) is -0.286. The molecule has 168 valence electrons. The topological polar surface area (TPSA) is 113 Å². The van der Waals surface area contributed by atoms with Crippen LogP contribution in [0.2, 0.25) is 5.02 Å². The second-order valence-corrected chi connectivity index (χ2v) is 7.81. The van der Waals surface area contributed by atoms with Crippen LogP contribution >= 0.6 is 11.6 Å². The first-order chi connectivity index (χ1) is 16.5. The average Bonchev–Trinajstić information content (AvgIpc) is 3.27. The maximum atomic E-state index is 13.3. The van der Waals surface area contributed by atoms with Crippen molar-refractivity contribution in [2.45, 2.75) is 0 Å². The number of hydrogen-bond acceptors (Lipinski definition) is 6. The van der Waals surface area contributed by atoms with E-state index < -0.39 is 5.91 Å². The minimum Gasteiger partial charge on any atom is -0.482 e. The molecule has 0 unspecified atom stereocenters. The summed E-state index contributed by atoms with van der Waals surface area (Å²) < 4.78 is 12.4. The van der Waals surface area contributed by atoms with E-state index in [2.05, 4.69) is 10.1 Å². The molecule has 0 bridgehead atoms. The van der Waals surface area contributed by atoms with Crippen LogP contribution in [0.25, 0.3) is 33.5 Å². The second-order valence-electron chi connectivity index (χ2n) is 7.41. The number of ether oxygens (including phenoxy) is 1. The van der Waals surface area contributed by atoms with Gasteiger partial charge in [-0.05, 0) is 48.0 Å². The summed E-state index contributed by atoms with van der Waals surface area (Å²) in [5.74, 6) is 0.381. The maximum Gasteiger partial charge on any atom is 0.282 e. The molecule has 9 heteroatoms. The van der Waals surface area contributed by atoms with Crippen LogP contribution in [-0.4, -0.2) is 28.4 Å². The Hall–Kier alpha value is -4.43. The lowest BCUT2D eigenvalue weighted by molar-refractivity contribution is -0.119. The second kappa shape index (κ2) is 8.84. The van der Waals surface area contributed by atoms with Crippen LogP contribution in [0.4, 0.5) is 0 Å². The molecule has 0 fully saturated rings. The Bertz CT molecular complexity index is 1600. The van der Waals surface area contributed by atoms with E-state index in [-0.39, 0.29) is 23.0 Å². The average molecular weight is 473 g/mol. The molecule has 0 radical (unpaired) electrons. The molecule has 0 atom stereocenters. The Morgan fingerprint density at radius 1 is 1.12 bits per heavy atom. The van der Waals surface area contributed by atoms with Crippen molar-refractivity contribution < 1.29 is 13.9 Å². The van der Waals surface area contributed by atoms with Gasteiger partial charge in [-0.25, -0.2) is 4.98 Å². The van der Waals surface area contributed by atoms with Crippen LogP contribution in [0.5, 0.6) is 5.75 Å². The highest BCUT2D eigenvalue weighted by molar-refractivity contribution is 6.32. The van der Waals surface area contributed by atoms with Crippen molar-refractivity contribution in [2.75, 3.05) is 6.61 Å². The highest BCUT2D eigenvalue weighted by atomic mass is 35.5. The molecule has 0 spiro atoms. The van der Waals surface area contributed by atoms with E-state index in [1.165, 1.54) is 10.9 Å². The van der Waals surface area contributed by atoms with Gasteiger partial charge in [-0.15, -0.1) is 0 Å². The number of halogens is 1. The van der Waals surface area contributed by atoms with Gasteiger partial charge in [-0.2, -0.15) is 9.78 Å². The molecule has 34 heavy (non-hydrogen) atoms. The Labute approximate surface area is 197 Å². The molecule has 0 saturated heterocycles. The van der Waals surface area contributed by atoms with Gasteiger partial charge in [-0.1, -0.05) is 41.9 Å². The Kier molecular flexibility index (Phi) is 5.57. The number of carbonyl (C=O) groups is 1. The maximum absolute atomic E-state index is 13.3. The minimum atomic E-state index is -0.608. The number of furan rings is 1. The predicted molar refractivity (Wildman–Crippen MR) is 130 cm³/mol. The first kappa shape index (κ1) is 21.4. The van der Waals surface area contributed by atoms with Crippen LogP contribution in [0.15, 0.2) is 87.1 Å². The monoisotopic (exact) mass is 472 g/mol. The lowest BCUT2D eigenvalue weighted by Crippen LogP contribution is -2.20. The van der Waals surface area contributed by atoms with Gasteiger partial charge in [0.2, 0.25) is 5.82 Å².